The van der Waals surface area contributed by atoms with Gasteiger partial charge in [0.25, 0.3) is 0 Å². The maximum absolute atomic E-state index is 12.1. The molecule has 0 aliphatic rings. The van der Waals surface area contributed by atoms with Crippen molar-refractivity contribution in [2.75, 3.05) is 22.4 Å². The third-order valence-corrected chi connectivity index (χ3v) is 5.67. The quantitative estimate of drug-likeness (QED) is 0.725. The highest BCUT2D eigenvalue weighted by molar-refractivity contribution is 7.92. The molecule has 2 aromatic rings. The van der Waals surface area contributed by atoms with Crippen LogP contribution in [0.5, 0.6) is 0 Å². The average Bonchev–Trinajstić information content (AvgIpc) is 2.55. The predicted molar refractivity (Wildman–Crippen MR) is 108 cm³/mol. The first kappa shape index (κ1) is 20.6. The van der Waals surface area contributed by atoms with Gasteiger partial charge in [-0.1, -0.05) is 41.4 Å². The first-order valence-electron chi connectivity index (χ1n) is 7.97. The van der Waals surface area contributed by atoms with Crippen LogP contribution in [0.2, 0.25) is 10.0 Å². The number of benzene rings is 2. The minimum Gasteiger partial charge on any atom is -0.326 e. The van der Waals surface area contributed by atoms with E-state index in [9.17, 15) is 13.2 Å². The van der Waals surface area contributed by atoms with E-state index in [1.165, 1.54) is 4.31 Å². The van der Waals surface area contributed by atoms with Crippen LogP contribution < -0.4 is 9.62 Å². The van der Waals surface area contributed by atoms with Crippen molar-refractivity contribution in [1.82, 2.24) is 0 Å². The van der Waals surface area contributed by atoms with E-state index < -0.39 is 10.0 Å². The lowest BCUT2D eigenvalue weighted by molar-refractivity contribution is -0.116. The number of amides is 1. The van der Waals surface area contributed by atoms with Crippen molar-refractivity contribution < 1.29 is 13.2 Å². The topological polar surface area (TPSA) is 66.5 Å². The molecule has 26 heavy (non-hydrogen) atoms. The molecule has 0 unspecified atom stereocenters. The summed E-state index contributed by atoms with van der Waals surface area (Å²) in [6, 6.07) is 12.1. The largest absolute Gasteiger partial charge is 0.326 e. The van der Waals surface area contributed by atoms with Crippen LogP contribution in [0.15, 0.2) is 42.5 Å². The molecule has 0 atom stereocenters. The number of hydrogen-bond acceptors (Lipinski definition) is 3. The van der Waals surface area contributed by atoms with Crippen LogP contribution in [0.3, 0.4) is 0 Å². The molecule has 1 amide bonds. The molecule has 0 radical (unpaired) electrons. The van der Waals surface area contributed by atoms with Gasteiger partial charge in [0.15, 0.2) is 0 Å². The summed E-state index contributed by atoms with van der Waals surface area (Å²) in [4.78, 5) is 12.1. The fraction of sp³-hybridized carbons (Fsp3) is 0.278. The highest BCUT2D eigenvalue weighted by Gasteiger charge is 2.19. The Labute approximate surface area is 164 Å². The van der Waals surface area contributed by atoms with E-state index >= 15 is 0 Å². The second-order valence-electron chi connectivity index (χ2n) is 5.90. The van der Waals surface area contributed by atoms with Gasteiger partial charge >= 0.3 is 0 Å². The lowest BCUT2D eigenvalue weighted by atomic mass is 10.2. The van der Waals surface area contributed by atoms with Crippen LogP contribution in [0.25, 0.3) is 0 Å². The van der Waals surface area contributed by atoms with E-state index in [4.69, 9.17) is 23.2 Å². The molecule has 0 aromatic heterocycles. The summed E-state index contributed by atoms with van der Waals surface area (Å²) < 4.78 is 25.6. The summed E-state index contributed by atoms with van der Waals surface area (Å²) >= 11 is 11.8. The number of carbonyl (C=O) groups excluding carboxylic acids is 1. The van der Waals surface area contributed by atoms with Gasteiger partial charge in [-0.25, -0.2) is 8.42 Å². The minimum atomic E-state index is -3.44. The summed E-state index contributed by atoms with van der Waals surface area (Å²) in [6.45, 7) is 2.07. The van der Waals surface area contributed by atoms with Gasteiger partial charge in [-0.05, 0) is 43.2 Å². The lowest BCUT2D eigenvalue weighted by Gasteiger charge is -2.24. The number of hydrogen-bond donors (Lipinski definition) is 1. The summed E-state index contributed by atoms with van der Waals surface area (Å²) in [5.41, 5.74) is 2.03. The third-order valence-electron chi connectivity index (χ3n) is 3.75. The van der Waals surface area contributed by atoms with E-state index in [-0.39, 0.29) is 18.9 Å². The van der Waals surface area contributed by atoms with Crippen LogP contribution in [-0.2, 0) is 14.8 Å². The predicted octanol–water partition coefficient (Wildman–Crippen LogP) is 4.49. The highest BCUT2D eigenvalue weighted by atomic mass is 35.5. The van der Waals surface area contributed by atoms with E-state index in [1.807, 2.05) is 19.1 Å². The maximum Gasteiger partial charge on any atom is 0.232 e. The number of rotatable bonds is 7. The number of para-hydroxylation sites is 1. The van der Waals surface area contributed by atoms with Crippen LogP contribution in [0.1, 0.15) is 18.4 Å². The van der Waals surface area contributed by atoms with Gasteiger partial charge in [0, 0.05) is 18.7 Å². The maximum atomic E-state index is 12.1. The zero-order valence-electron chi connectivity index (χ0n) is 14.5. The Morgan fingerprint density at radius 2 is 1.81 bits per heavy atom. The van der Waals surface area contributed by atoms with Crippen molar-refractivity contribution >= 4 is 50.5 Å². The van der Waals surface area contributed by atoms with Crippen LogP contribution >= 0.6 is 23.2 Å². The number of carbonyl (C=O) groups is 1. The smallest absolute Gasteiger partial charge is 0.232 e. The zero-order valence-corrected chi connectivity index (χ0v) is 16.8. The van der Waals surface area contributed by atoms with Gasteiger partial charge in [0.05, 0.1) is 22.0 Å². The van der Waals surface area contributed by atoms with Gasteiger partial charge in [-0.15, -0.1) is 0 Å². The molecule has 140 valence electrons. The molecule has 0 bridgehead atoms. The molecule has 0 aliphatic heterocycles. The Hall–Kier alpha value is -1.76. The van der Waals surface area contributed by atoms with Crippen LogP contribution in [0, 0.1) is 6.92 Å². The van der Waals surface area contributed by atoms with Crippen LogP contribution in [-0.4, -0.2) is 27.1 Å². The summed E-state index contributed by atoms with van der Waals surface area (Å²) in [7, 11) is -3.44. The normalized spacial score (nSPS) is 11.2. The number of aryl methyl sites for hydroxylation is 1. The van der Waals surface area contributed by atoms with Gasteiger partial charge in [0.1, 0.15) is 0 Å². The number of anilines is 2. The van der Waals surface area contributed by atoms with Crippen molar-refractivity contribution in [3.8, 4) is 0 Å². The van der Waals surface area contributed by atoms with Crippen molar-refractivity contribution in [2.24, 2.45) is 0 Å². The molecule has 2 aromatic carbocycles. The molecular formula is C18H20Cl2N2O3S. The monoisotopic (exact) mass is 414 g/mol. The van der Waals surface area contributed by atoms with Gasteiger partial charge in [-0.3, -0.25) is 9.10 Å². The minimum absolute atomic E-state index is 0.179. The number of nitrogens with one attached hydrogen (secondary N) is 1. The lowest BCUT2D eigenvalue weighted by Crippen LogP contribution is -2.32. The second kappa shape index (κ2) is 8.75. The molecule has 5 nitrogen and oxygen atoms in total. The van der Waals surface area contributed by atoms with Crippen molar-refractivity contribution in [3.63, 3.8) is 0 Å². The summed E-state index contributed by atoms with van der Waals surface area (Å²) in [5.74, 6) is -0.221. The SMILES string of the molecule is Cc1ccccc1N(CCCC(=O)Nc1ccc(Cl)c(Cl)c1)S(C)(=O)=O. The molecule has 0 fully saturated rings. The molecule has 0 spiro atoms. The molecule has 0 saturated heterocycles. The Morgan fingerprint density at radius 3 is 2.42 bits per heavy atom. The van der Waals surface area contributed by atoms with Crippen molar-refractivity contribution in [1.29, 1.82) is 0 Å². The number of halogens is 2. The van der Waals surface area contributed by atoms with E-state index in [0.29, 0.717) is 27.8 Å². The van der Waals surface area contributed by atoms with Crippen molar-refractivity contribution in [3.05, 3.63) is 58.1 Å². The first-order valence-corrected chi connectivity index (χ1v) is 10.6. The molecular weight excluding hydrogens is 395 g/mol. The molecule has 1 N–H and O–H groups in total. The van der Waals surface area contributed by atoms with E-state index in [2.05, 4.69) is 5.32 Å². The Kier molecular flexibility index (Phi) is 6.92. The third kappa shape index (κ3) is 5.62. The molecule has 0 saturated carbocycles. The van der Waals surface area contributed by atoms with Gasteiger partial charge < -0.3 is 5.32 Å². The fourth-order valence-electron chi connectivity index (χ4n) is 2.49. The van der Waals surface area contributed by atoms with E-state index in [0.717, 1.165) is 11.8 Å². The Balaban J connectivity index is 1.98. The number of sulfonamides is 1. The Bertz CT molecular complexity index is 901. The summed E-state index contributed by atoms with van der Waals surface area (Å²) in [5, 5.41) is 3.49. The van der Waals surface area contributed by atoms with Crippen molar-refractivity contribution in [2.45, 2.75) is 19.8 Å². The van der Waals surface area contributed by atoms with Gasteiger partial charge in [0.2, 0.25) is 15.9 Å². The molecule has 0 aliphatic carbocycles. The first-order chi connectivity index (χ1) is 12.2. The number of nitrogens with zero attached hydrogens (tertiary/aromatic N) is 1. The second-order valence-corrected chi connectivity index (χ2v) is 8.62. The fourth-order valence-corrected chi connectivity index (χ4v) is 3.81. The van der Waals surface area contributed by atoms with Gasteiger partial charge in [-0.2, -0.15) is 0 Å². The summed E-state index contributed by atoms with van der Waals surface area (Å²) in [6.07, 6.45) is 1.72. The molecule has 2 rings (SSSR count). The molecule has 8 heteroatoms. The van der Waals surface area contributed by atoms with Crippen LogP contribution in [0.4, 0.5) is 11.4 Å². The van der Waals surface area contributed by atoms with E-state index in [1.54, 1.807) is 30.3 Å². The average molecular weight is 415 g/mol. The molecule has 0 heterocycles. The Morgan fingerprint density at radius 1 is 1.12 bits per heavy atom. The highest BCUT2D eigenvalue weighted by Crippen LogP contribution is 2.25. The standard InChI is InChI=1S/C18H20Cl2N2O3S/c1-13-6-3-4-7-17(13)22(26(2,24)25)11-5-8-18(23)21-14-9-10-15(19)16(20)12-14/h3-4,6-7,9-10,12H,5,8,11H2,1-2H3,(H,21,23). The zero-order chi connectivity index (χ0) is 19.3.